The van der Waals surface area contributed by atoms with Crippen LogP contribution in [-0.2, 0) is 0 Å². The van der Waals surface area contributed by atoms with E-state index in [0.29, 0.717) is 5.69 Å². The van der Waals surface area contributed by atoms with E-state index in [0.717, 1.165) is 33.9 Å². The maximum atomic E-state index is 8.88. The highest BCUT2D eigenvalue weighted by molar-refractivity contribution is 9.10. The minimum atomic E-state index is 0.212. The van der Waals surface area contributed by atoms with Crippen molar-refractivity contribution in [3.8, 4) is 0 Å². The summed E-state index contributed by atoms with van der Waals surface area (Å²) in [5.74, 6) is 0. The molecule has 0 radical (unpaired) electrons. The average Bonchev–Trinajstić information content (AvgIpc) is 2.40. The minimum absolute atomic E-state index is 0.212. The van der Waals surface area contributed by atoms with E-state index in [9.17, 15) is 0 Å². The van der Waals surface area contributed by atoms with Gasteiger partial charge in [-0.2, -0.15) is 0 Å². The lowest BCUT2D eigenvalue weighted by atomic mass is 10.1. The summed E-state index contributed by atoms with van der Waals surface area (Å²) in [6.07, 6.45) is 3.35. The molecule has 1 atom stereocenters. The number of nitrogens with one attached hydrogen (secondary N) is 1. The van der Waals surface area contributed by atoms with Gasteiger partial charge >= 0.3 is 0 Å². The standard InChI is InChI=1S/C14H18BrN3O/c1-9(3-2-6-19)18-14-11-7-10(15)4-5-13(11)17-8-12(14)16/h4-5,7-9,19H,2-3,6,16H2,1H3,(H,17,18). The zero-order valence-electron chi connectivity index (χ0n) is 10.9. The summed E-state index contributed by atoms with van der Waals surface area (Å²) in [6.45, 7) is 2.30. The van der Waals surface area contributed by atoms with Gasteiger partial charge in [-0.15, -0.1) is 0 Å². The van der Waals surface area contributed by atoms with Gasteiger partial charge < -0.3 is 16.2 Å². The molecule has 2 rings (SSSR count). The van der Waals surface area contributed by atoms with Gasteiger partial charge in [-0.1, -0.05) is 15.9 Å². The van der Waals surface area contributed by atoms with Gasteiger partial charge in [0.05, 0.1) is 23.1 Å². The minimum Gasteiger partial charge on any atom is -0.396 e. The highest BCUT2D eigenvalue weighted by Crippen LogP contribution is 2.30. The van der Waals surface area contributed by atoms with E-state index in [1.165, 1.54) is 0 Å². The van der Waals surface area contributed by atoms with Crippen LogP contribution in [0.2, 0.25) is 0 Å². The molecule has 0 aliphatic carbocycles. The first kappa shape index (κ1) is 14.1. The molecule has 1 unspecified atom stereocenters. The third kappa shape index (κ3) is 3.36. The maximum absolute atomic E-state index is 8.88. The second kappa shape index (κ2) is 6.21. The number of rotatable bonds is 5. The Hall–Kier alpha value is -1.33. The molecule has 0 saturated heterocycles. The fraction of sp³-hybridized carbons (Fsp3) is 0.357. The first-order valence-electron chi connectivity index (χ1n) is 6.33. The van der Waals surface area contributed by atoms with E-state index in [4.69, 9.17) is 10.8 Å². The van der Waals surface area contributed by atoms with E-state index in [2.05, 4.69) is 33.2 Å². The lowest BCUT2D eigenvalue weighted by Crippen LogP contribution is -2.17. The van der Waals surface area contributed by atoms with E-state index in [1.54, 1.807) is 6.20 Å². The van der Waals surface area contributed by atoms with Crippen molar-refractivity contribution in [1.82, 2.24) is 4.98 Å². The molecule has 102 valence electrons. The third-order valence-electron chi connectivity index (χ3n) is 3.05. The first-order chi connectivity index (χ1) is 9.11. The molecular weight excluding hydrogens is 306 g/mol. The third-order valence-corrected chi connectivity index (χ3v) is 3.54. The molecule has 0 amide bonds. The monoisotopic (exact) mass is 323 g/mol. The molecule has 0 aliphatic rings. The Morgan fingerprint density at radius 2 is 2.26 bits per heavy atom. The van der Waals surface area contributed by atoms with Crippen molar-refractivity contribution in [3.63, 3.8) is 0 Å². The van der Waals surface area contributed by atoms with E-state index >= 15 is 0 Å². The van der Waals surface area contributed by atoms with Crippen LogP contribution in [0.1, 0.15) is 19.8 Å². The zero-order chi connectivity index (χ0) is 13.8. The van der Waals surface area contributed by atoms with Gasteiger partial charge in [0, 0.05) is 22.5 Å². The van der Waals surface area contributed by atoms with Crippen molar-refractivity contribution in [2.45, 2.75) is 25.8 Å². The number of aromatic nitrogens is 1. The highest BCUT2D eigenvalue weighted by atomic mass is 79.9. The molecule has 0 saturated carbocycles. The Morgan fingerprint density at radius 1 is 1.47 bits per heavy atom. The summed E-state index contributed by atoms with van der Waals surface area (Å²) in [6, 6.07) is 6.19. The van der Waals surface area contributed by atoms with Crippen molar-refractivity contribution >= 4 is 38.2 Å². The van der Waals surface area contributed by atoms with E-state index < -0.39 is 0 Å². The molecule has 5 heteroatoms. The Balaban J connectivity index is 2.35. The van der Waals surface area contributed by atoms with Crippen LogP contribution >= 0.6 is 15.9 Å². The fourth-order valence-corrected chi connectivity index (χ4v) is 2.42. The topological polar surface area (TPSA) is 71.2 Å². The Morgan fingerprint density at radius 3 is 3.00 bits per heavy atom. The number of nitrogens with two attached hydrogens (primary N) is 1. The quantitative estimate of drug-likeness (QED) is 0.790. The number of anilines is 2. The fourth-order valence-electron chi connectivity index (χ4n) is 2.06. The Labute approximate surface area is 121 Å². The predicted octanol–water partition coefficient (Wildman–Crippen LogP) is 3.15. The number of hydrogen-bond acceptors (Lipinski definition) is 4. The lowest BCUT2D eigenvalue weighted by molar-refractivity contribution is 0.282. The second-order valence-electron chi connectivity index (χ2n) is 4.66. The van der Waals surface area contributed by atoms with Crippen LogP contribution < -0.4 is 11.1 Å². The molecule has 0 spiro atoms. The molecule has 19 heavy (non-hydrogen) atoms. The first-order valence-corrected chi connectivity index (χ1v) is 7.12. The van der Waals surface area contributed by atoms with Gasteiger partial charge in [-0.3, -0.25) is 4.98 Å². The van der Waals surface area contributed by atoms with Crippen LogP contribution in [-0.4, -0.2) is 22.7 Å². The molecule has 0 fully saturated rings. The maximum Gasteiger partial charge on any atom is 0.0743 e. The molecule has 0 bridgehead atoms. The number of pyridine rings is 1. The largest absolute Gasteiger partial charge is 0.396 e. The summed E-state index contributed by atoms with van der Waals surface area (Å²) in [7, 11) is 0. The van der Waals surface area contributed by atoms with Crippen molar-refractivity contribution < 1.29 is 5.11 Å². The summed E-state index contributed by atoms with van der Waals surface area (Å²) in [4.78, 5) is 4.33. The zero-order valence-corrected chi connectivity index (χ0v) is 12.4. The molecule has 1 heterocycles. The Bertz CT molecular complexity index is 569. The van der Waals surface area contributed by atoms with Gasteiger partial charge in [-0.05, 0) is 38.0 Å². The van der Waals surface area contributed by atoms with Crippen LogP contribution in [0.15, 0.2) is 28.9 Å². The van der Waals surface area contributed by atoms with Gasteiger partial charge in [-0.25, -0.2) is 0 Å². The SMILES string of the molecule is CC(CCCO)Nc1c(N)cnc2ccc(Br)cc12. The molecule has 4 nitrogen and oxygen atoms in total. The number of halogens is 1. The van der Waals surface area contributed by atoms with Crippen molar-refractivity contribution in [3.05, 3.63) is 28.9 Å². The highest BCUT2D eigenvalue weighted by Gasteiger charge is 2.10. The van der Waals surface area contributed by atoms with Crippen LogP contribution in [0.4, 0.5) is 11.4 Å². The smallest absolute Gasteiger partial charge is 0.0743 e. The number of benzene rings is 1. The lowest BCUT2D eigenvalue weighted by Gasteiger charge is -2.18. The van der Waals surface area contributed by atoms with Crippen molar-refractivity contribution in [1.29, 1.82) is 0 Å². The molecule has 4 N–H and O–H groups in total. The van der Waals surface area contributed by atoms with E-state index in [-0.39, 0.29) is 12.6 Å². The van der Waals surface area contributed by atoms with Crippen LogP contribution in [0.5, 0.6) is 0 Å². The van der Waals surface area contributed by atoms with Gasteiger partial charge in [0.1, 0.15) is 0 Å². The molecule has 0 aliphatic heterocycles. The number of nitrogens with zero attached hydrogens (tertiary/aromatic N) is 1. The summed E-state index contributed by atoms with van der Waals surface area (Å²) >= 11 is 3.47. The summed E-state index contributed by atoms with van der Waals surface area (Å²) in [5, 5.41) is 13.3. The predicted molar refractivity (Wildman–Crippen MR) is 83.3 cm³/mol. The number of aliphatic hydroxyl groups excluding tert-OH is 1. The number of fused-ring (bicyclic) bond motifs is 1. The average molecular weight is 324 g/mol. The second-order valence-corrected chi connectivity index (χ2v) is 5.58. The van der Waals surface area contributed by atoms with Gasteiger partial charge in [0.25, 0.3) is 0 Å². The van der Waals surface area contributed by atoms with Crippen LogP contribution in [0.3, 0.4) is 0 Å². The molecule has 2 aromatic rings. The molecule has 1 aromatic carbocycles. The van der Waals surface area contributed by atoms with E-state index in [1.807, 2.05) is 18.2 Å². The molecular formula is C14H18BrN3O. The number of nitrogen functional groups attached to an aromatic ring is 1. The van der Waals surface area contributed by atoms with Gasteiger partial charge in [0.15, 0.2) is 0 Å². The Kier molecular flexibility index (Phi) is 4.61. The van der Waals surface area contributed by atoms with Crippen molar-refractivity contribution in [2.24, 2.45) is 0 Å². The van der Waals surface area contributed by atoms with Crippen LogP contribution in [0.25, 0.3) is 10.9 Å². The summed E-state index contributed by atoms with van der Waals surface area (Å²) in [5.41, 5.74) is 8.49. The number of aliphatic hydroxyl groups is 1. The molecule has 1 aromatic heterocycles. The normalized spacial score (nSPS) is 12.6. The van der Waals surface area contributed by atoms with Crippen molar-refractivity contribution in [2.75, 3.05) is 17.7 Å². The van der Waals surface area contributed by atoms with Crippen LogP contribution in [0, 0.1) is 0 Å². The number of hydrogen-bond donors (Lipinski definition) is 3. The summed E-state index contributed by atoms with van der Waals surface area (Å²) < 4.78 is 0.999. The van der Waals surface area contributed by atoms with Gasteiger partial charge in [0.2, 0.25) is 0 Å².